The van der Waals surface area contributed by atoms with Crippen LogP contribution in [-0.4, -0.2) is 87.0 Å². The summed E-state index contributed by atoms with van der Waals surface area (Å²) < 4.78 is 76.1. The third kappa shape index (κ3) is 5.41. The number of aromatic nitrogens is 3. The van der Waals surface area contributed by atoms with Crippen molar-refractivity contribution in [3.63, 3.8) is 0 Å². The zero-order valence-corrected chi connectivity index (χ0v) is 27.7. The summed E-state index contributed by atoms with van der Waals surface area (Å²) in [5.74, 6) is -0.614. The van der Waals surface area contributed by atoms with Crippen molar-refractivity contribution in [2.75, 3.05) is 49.1 Å². The van der Waals surface area contributed by atoms with Gasteiger partial charge in [-0.2, -0.15) is 18.2 Å². The van der Waals surface area contributed by atoms with Crippen molar-refractivity contribution < 1.29 is 26.7 Å². The van der Waals surface area contributed by atoms with Crippen LogP contribution in [0.1, 0.15) is 31.9 Å². The van der Waals surface area contributed by atoms with Gasteiger partial charge < -0.3 is 15.5 Å². The van der Waals surface area contributed by atoms with Gasteiger partial charge in [0.15, 0.2) is 5.13 Å². The van der Waals surface area contributed by atoms with Gasteiger partial charge in [0.1, 0.15) is 17.8 Å². The van der Waals surface area contributed by atoms with Gasteiger partial charge in [-0.1, -0.05) is 17.9 Å². The largest absolute Gasteiger partial charge is 0.417 e. The van der Waals surface area contributed by atoms with E-state index in [0.717, 1.165) is 23.5 Å². The highest BCUT2D eigenvalue weighted by atomic mass is 32.2. The van der Waals surface area contributed by atoms with Crippen molar-refractivity contribution in [2.45, 2.75) is 55.6 Å². The van der Waals surface area contributed by atoms with Gasteiger partial charge in [0, 0.05) is 72.0 Å². The molecule has 4 atom stereocenters. The monoisotopic (exact) mass is 705 g/mol. The Kier molecular flexibility index (Phi) is 8.18. The van der Waals surface area contributed by atoms with Gasteiger partial charge in [-0.3, -0.25) is 14.3 Å². The second-order valence-electron chi connectivity index (χ2n) is 12.6. The Hall–Kier alpha value is -3.76. The van der Waals surface area contributed by atoms with Gasteiger partial charge in [0.05, 0.1) is 27.3 Å². The second-order valence-corrected chi connectivity index (χ2v) is 14.7. The summed E-state index contributed by atoms with van der Waals surface area (Å²) in [7, 11) is 0. The quantitative estimate of drug-likeness (QED) is 0.208. The SMILES string of the molecule is C=CC(=O)N1[C@H](C)CN(c2nc(=O)n3c4c(c(-c5ccc(F)c6sc(N)nc56)c(C(F)(F)F)cc24)SC[C@@H]3CN2CC[C@H](F)C2)C[C@@H]1C. The molecule has 7 rings (SSSR count). The Labute approximate surface area is 280 Å². The molecule has 3 aliphatic rings. The van der Waals surface area contributed by atoms with Gasteiger partial charge in [0.25, 0.3) is 0 Å². The van der Waals surface area contributed by atoms with Crippen molar-refractivity contribution in [3.05, 3.63) is 52.7 Å². The summed E-state index contributed by atoms with van der Waals surface area (Å²) >= 11 is 2.02. The molecule has 48 heavy (non-hydrogen) atoms. The van der Waals surface area contributed by atoms with E-state index in [2.05, 4.69) is 16.5 Å². The smallest absolute Gasteiger partial charge is 0.375 e. The Balaban J connectivity index is 1.50. The van der Waals surface area contributed by atoms with Crippen LogP contribution in [-0.2, 0) is 11.0 Å². The number of alkyl halides is 4. The minimum atomic E-state index is -4.86. The van der Waals surface area contributed by atoms with Gasteiger partial charge in [-0.15, -0.1) is 11.8 Å². The van der Waals surface area contributed by atoms with E-state index < -0.39 is 35.5 Å². The molecule has 254 valence electrons. The van der Waals surface area contributed by atoms with Crippen molar-refractivity contribution in [2.24, 2.45) is 0 Å². The molecule has 5 heterocycles. The fourth-order valence-electron chi connectivity index (χ4n) is 7.44. The van der Waals surface area contributed by atoms with Crippen LogP contribution >= 0.6 is 23.1 Å². The number of benzene rings is 2. The average molecular weight is 706 g/mol. The Bertz CT molecular complexity index is 2020. The zero-order valence-electron chi connectivity index (χ0n) is 26.1. The number of nitrogen functional groups attached to an aromatic ring is 1. The lowest BCUT2D eigenvalue weighted by Gasteiger charge is -2.45. The van der Waals surface area contributed by atoms with E-state index in [-0.39, 0.29) is 91.5 Å². The predicted molar refractivity (Wildman–Crippen MR) is 178 cm³/mol. The first-order valence-corrected chi connectivity index (χ1v) is 17.3. The van der Waals surface area contributed by atoms with Crippen LogP contribution < -0.4 is 16.3 Å². The lowest BCUT2D eigenvalue weighted by Crippen LogP contribution is -2.58. The minimum Gasteiger partial charge on any atom is -0.375 e. The number of nitrogens with two attached hydrogens (primary N) is 1. The van der Waals surface area contributed by atoms with Crippen LogP contribution in [0.3, 0.4) is 0 Å². The fraction of sp³-hybridized carbons (Fsp3) is 0.438. The van der Waals surface area contributed by atoms with Gasteiger partial charge in [-0.25, -0.2) is 18.6 Å². The van der Waals surface area contributed by atoms with E-state index in [4.69, 9.17) is 5.73 Å². The molecule has 2 saturated heterocycles. The first-order chi connectivity index (χ1) is 22.8. The molecule has 2 N–H and O–H groups in total. The highest BCUT2D eigenvalue weighted by Crippen LogP contribution is 2.51. The van der Waals surface area contributed by atoms with Crippen LogP contribution in [0.2, 0.25) is 0 Å². The first-order valence-electron chi connectivity index (χ1n) is 15.5. The molecular weight excluding hydrogens is 674 g/mol. The third-order valence-corrected chi connectivity index (χ3v) is 11.5. The molecule has 2 aromatic heterocycles. The molecule has 0 unspecified atom stereocenters. The number of amides is 1. The first kappa shape index (κ1) is 32.8. The summed E-state index contributed by atoms with van der Waals surface area (Å²) in [5.41, 5.74) is 4.39. The number of anilines is 2. The number of halogens is 5. The summed E-state index contributed by atoms with van der Waals surface area (Å²) in [4.78, 5) is 40.9. The van der Waals surface area contributed by atoms with Gasteiger partial charge in [-0.05, 0) is 44.5 Å². The van der Waals surface area contributed by atoms with E-state index >= 15 is 13.2 Å². The van der Waals surface area contributed by atoms with Gasteiger partial charge in [0.2, 0.25) is 5.91 Å². The average Bonchev–Trinajstić information content (AvgIpc) is 3.63. The minimum absolute atomic E-state index is 0.00112. The topological polar surface area (TPSA) is 101 Å². The zero-order chi connectivity index (χ0) is 34.2. The number of carbonyl (C=O) groups is 1. The Morgan fingerprint density at radius 1 is 1.17 bits per heavy atom. The van der Waals surface area contributed by atoms with Crippen LogP contribution in [0.15, 0.2) is 40.5 Å². The standard InChI is InChI=1S/C32H32F5N7O2S2/c1-4-23(45)43-15(2)10-42(11-16(43)3)29-20-9-21(32(35,36)37)24(19-5-6-22(34)27-25(19)39-30(38)48-27)28-26(20)44(31(46)40-29)18(14-47-28)13-41-8-7-17(33)12-41/h4-6,9,15-18H,1,7-8,10-14H2,2-3H3,(H2,38,39)/t15-,16+,17-,18-/m0/s1. The van der Waals surface area contributed by atoms with Crippen molar-refractivity contribution in [3.8, 4) is 11.1 Å². The molecule has 2 fully saturated rings. The van der Waals surface area contributed by atoms with Gasteiger partial charge >= 0.3 is 11.9 Å². The highest BCUT2D eigenvalue weighted by Gasteiger charge is 2.41. The number of rotatable bonds is 5. The number of thioether (sulfide) groups is 1. The number of fused-ring (bicyclic) bond motifs is 1. The fourth-order valence-corrected chi connectivity index (χ4v) is 9.52. The molecule has 0 aliphatic carbocycles. The lowest BCUT2D eigenvalue weighted by molar-refractivity contribution is -0.137. The number of hydrogen-bond acceptors (Lipinski definition) is 9. The summed E-state index contributed by atoms with van der Waals surface area (Å²) in [6.07, 6.45) is -4.27. The molecular formula is C32H32F5N7O2S2. The normalized spacial score (nSPS) is 23.4. The molecule has 3 aliphatic heterocycles. The summed E-state index contributed by atoms with van der Waals surface area (Å²) in [6, 6.07) is 2.16. The molecule has 0 bridgehead atoms. The van der Waals surface area contributed by atoms with E-state index in [1.165, 1.54) is 28.5 Å². The molecule has 0 spiro atoms. The molecule has 1 amide bonds. The van der Waals surface area contributed by atoms with Crippen LogP contribution in [0.5, 0.6) is 0 Å². The highest BCUT2D eigenvalue weighted by molar-refractivity contribution is 7.99. The van der Waals surface area contributed by atoms with E-state index in [0.29, 0.717) is 19.5 Å². The lowest BCUT2D eigenvalue weighted by atomic mass is 9.95. The number of nitrogens with zero attached hydrogens (tertiary/aromatic N) is 6. The molecule has 4 aromatic rings. The number of hydrogen-bond donors (Lipinski definition) is 1. The molecule has 16 heteroatoms. The Morgan fingerprint density at radius 2 is 1.90 bits per heavy atom. The molecule has 2 aromatic carbocycles. The second kappa shape index (κ2) is 12.0. The van der Waals surface area contributed by atoms with E-state index in [9.17, 15) is 18.4 Å². The maximum atomic E-state index is 15.2. The van der Waals surface area contributed by atoms with Crippen LogP contribution in [0.25, 0.3) is 32.2 Å². The summed E-state index contributed by atoms with van der Waals surface area (Å²) in [6.45, 7) is 8.68. The number of carbonyl (C=O) groups excluding carboxylic acids is 1. The maximum Gasteiger partial charge on any atom is 0.417 e. The van der Waals surface area contributed by atoms with E-state index in [1.54, 1.807) is 9.80 Å². The molecule has 0 saturated carbocycles. The third-order valence-electron chi connectivity index (χ3n) is 9.35. The van der Waals surface area contributed by atoms with E-state index in [1.807, 2.05) is 18.7 Å². The van der Waals surface area contributed by atoms with Crippen LogP contribution in [0.4, 0.5) is 32.9 Å². The van der Waals surface area contributed by atoms with Crippen LogP contribution in [0, 0.1) is 5.82 Å². The predicted octanol–water partition coefficient (Wildman–Crippen LogP) is 5.72. The number of likely N-dealkylation sites (tertiary alicyclic amines) is 1. The van der Waals surface area contributed by atoms with Crippen molar-refractivity contribution in [1.82, 2.24) is 24.3 Å². The van der Waals surface area contributed by atoms with Crippen molar-refractivity contribution >= 4 is 61.1 Å². The molecule has 9 nitrogen and oxygen atoms in total. The Morgan fingerprint density at radius 3 is 2.54 bits per heavy atom. The number of piperazine rings is 1. The maximum absolute atomic E-state index is 15.2. The molecule has 0 radical (unpaired) electrons. The summed E-state index contributed by atoms with van der Waals surface area (Å²) in [5, 5.41) is 0.131. The number of thiazole rings is 1. The van der Waals surface area contributed by atoms with Crippen molar-refractivity contribution in [1.29, 1.82) is 0 Å².